The molecule has 16 heavy (non-hydrogen) atoms. The molecule has 0 heterocycles. The molecule has 4 nitrogen and oxygen atoms in total. The van der Waals surface area contributed by atoms with Gasteiger partial charge in [-0.05, 0) is 16.3 Å². The summed E-state index contributed by atoms with van der Waals surface area (Å²) in [7, 11) is 0. The zero-order valence-electron chi connectivity index (χ0n) is 8.50. The molecule has 0 atom stereocenters. The third-order valence-electron chi connectivity index (χ3n) is 2.37. The normalized spacial score (nSPS) is 9.75. The number of hydrogen-bond acceptors (Lipinski definition) is 2. The van der Waals surface area contributed by atoms with E-state index in [4.69, 9.17) is 5.53 Å². The van der Waals surface area contributed by atoms with Gasteiger partial charge in [0, 0.05) is 10.5 Å². The first-order valence-corrected chi connectivity index (χ1v) is 4.85. The van der Waals surface area contributed by atoms with Gasteiger partial charge in [0.1, 0.15) is 0 Å². The minimum atomic E-state index is -0.158. The van der Waals surface area contributed by atoms with Gasteiger partial charge in [-0.2, -0.15) is 0 Å². The van der Waals surface area contributed by atoms with Crippen LogP contribution in [0.3, 0.4) is 0 Å². The van der Waals surface area contributed by atoms with Crippen molar-refractivity contribution in [1.29, 1.82) is 0 Å². The third kappa shape index (κ3) is 1.87. The van der Waals surface area contributed by atoms with E-state index in [0.717, 1.165) is 10.8 Å². The molecule has 0 fully saturated rings. The molecule has 78 valence electrons. The summed E-state index contributed by atoms with van der Waals surface area (Å²) in [6.07, 6.45) is 0. The molecule has 0 aliphatic carbocycles. The summed E-state index contributed by atoms with van der Waals surface area (Å²) in [5.41, 5.74) is 8.78. The monoisotopic (exact) mass is 211 g/mol. The predicted molar refractivity (Wildman–Crippen MR) is 62.3 cm³/mol. The fourth-order valence-corrected chi connectivity index (χ4v) is 1.65. The van der Waals surface area contributed by atoms with E-state index < -0.39 is 0 Å². The summed E-state index contributed by atoms with van der Waals surface area (Å²) in [4.78, 5) is 14.3. The highest BCUT2D eigenvalue weighted by Crippen LogP contribution is 2.18. The smallest absolute Gasteiger partial charge is 0.169 e. The summed E-state index contributed by atoms with van der Waals surface area (Å²) in [5, 5.41) is 5.19. The van der Waals surface area contributed by atoms with Crippen molar-refractivity contribution in [3.05, 3.63) is 58.5 Å². The van der Waals surface area contributed by atoms with Crippen molar-refractivity contribution in [2.75, 3.05) is 6.54 Å². The molecule has 0 bridgehead atoms. The Morgan fingerprint density at radius 1 is 1.19 bits per heavy atom. The summed E-state index contributed by atoms with van der Waals surface area (Å²) >= 11 is 0. The van der Waals surface area contributed by atoms with E-state index in [1.165, 1.54) is 0 Å². The SMILES string of the molecule is [N-]=[N+]=NCC(=O)c1cccc2ccccc12. The average Bonchev–Trinajstić information content (AvgIpc) is 2.35. The lowest BCUT2D eigenvalue weighted by Gasteiger charge is -2.03. The van der Waals surface area contributed by atoms with Gasteiger partial charge in [0.2, 0.25) is 0 Å². The number of nitrogens with zero attached hydrogens (tertiary/aromatic N) is 3. The lowest BCUT2D eigenvalue weighted by atomic mass is 10.0. The number of carbonyl (C=O) groups is 1. The van der Waals surface area contributed by atoms with Crippen LogP contribution in [-0.2, 0) is 0 Å². The van der Waals surface area contributed by atoms with E-state index in [9.17, 15) is 4.79 Å². The van der Waals surface area contributed by atoms with Crippen LogP contribution in [0.25, 0.3) is 21.2 Å². The van der Waals surface area contributed by atoms with Gasteiger partial charge < -0.3 is 0 Å². The predicted octanol–water partition coefficient (Wildman–Crippen LogP) is 3.33. The first kappa shape index (κ1) is 10.2. The highest BCUT2D eigenvalue weighted by atomic mass is 16.1. The van der Waals surface area contributed by atoms with Gasteiger partial charge in [0.15, 0.2) is 5.78 Å². The second-order valence-electron chi connectivity index (χ2n) is 3.34. The van der Waals surface area contributed by atoms with Gasteiger partial charge in [0.05, 0.1) is 6.54 Å². The number of ketones is 1. The van der Waals surface area contributed by atoms with Crippen LogP contribution in [0.15, 0.2) is 47.6 Å². The number of carbonyl (C=O) groups excluding carboxylic acids is 1. The molecular formula is C12H9N3O. The Kier molecular flexibility index (Phi) is 2.85. The minimum Gasteiger partial charge on any atom is -0.294 e. The molecule has 0 amide bonds. The average molecular weight is 211 g/mol. The standard InChI is InChI=1S/C12H9N3O/c13-15-14-8-12(16)11-7-3-5-9-4-1-2-6-10(9)11/h1-7H,8H2. The number of hydrogen-bond donors (Lipinski definition) is 0. The molecule has 2 rings (SSSR count). The highest BCUT2D eigenvalue weighted by molar-refractivity contribution is 6.09. The lowest BCUT2D eigenvalue weighted by Crippen LogP contribution is -2.03. The maximum atomic E-state index is 11.8. The van der Waals surface area contributed by atoms with Crippen molar-refractivity contribution >= 4 is 16.6 Å². The van der Waals surface area contributed by atoms with Crippen molar-refractivity contribution in [2.24, 2.45) is 5.11 Å². The van der Waals surface area contributed by atoms with Crippen LogP contribution in [-0.4, -0.2) is 12.3 Å². The molecule has 4 heteroatoms. The number of rotatable bonds is 3. The van der Waals surface area contributed by atoms with Crippen molar-refractivity contribution in [3.63, 3.8) is 0 Å². The second kappa shape index (κ2) is 4.47. The maximum Gasteiger partial charge on any atom is 0.169 e. The summed E-state index contributed by atoms with van der Waals surface area (Å²) in [6.45, 7) is -0.134. The van der Waals surface area contributed by atoms with Crippen molar-refractivity contribution in [1.82, 2.24) is 0 Å². The van der Waals surface area contributed by atoms with Crippen molar-refractivity contribution in [3.8, 4) is 0 Å². The summed E-state index contributed by atoms with van der Waals surface area (Å²) < 4.78 is 0. The van der Waals surface area contributed by atoms with Crippen LogP contribution in [0.2, 0.25) is 0 Å². The highest BCUT2D eigenvalue weighted by Gasteiger charge is 2.07. The Morgan fingerprint density at radius 3 is 2.75 bits per heavy atom. The molecule has 0 aromatic heterocycles. The number of fused-ring (bicyclic) bond motifs is 1. The third-order valence-corrected chi connectivity index (χ3v) is 2.37. The largest absolute Gasteiger partial charge is 0.294 e. The molecule has 2 aromatic rings. The van der Waals surface area contributed by atoms with Gasteiger partial charge in [-0.25, -0.2) is 0 Å². The number of Topliss-reactive ketones (excluding diaryl/α,β-unsaturated/α-hetero) is 1. The Bertz CT molecular complexity index is 580. The fourth-order valence-electron chi connectivity index (χ4n) is 1.65. The molecule has 0 aliphatic heterocycles. The molecular weight excluding hydrogens is 202 g/mol. The van der Waals surface area contributed by atoms with Gasteiger partial charge in [-0.1, -0.05) is 47.6 Å². The Morgan fingerprint density at radius 2 is 1.94 bits per heavy atom. The van der Waals surface area contributed by atoms with Crippen molar-refractivity contribution in [2.45, 2.75) is 0 Å². The zero-order valence-corrected chi connectivity index (χ0v) is 8.50. The summed E-state index contributed by atoms with van der Waals surface area (Å²) in [5.74, 6) is -0.158. The molecule has 2 aromatic carbocycles. The molecule has 0 saturated heterocycles. The molecule has 0 spiro atoms. The minimum absolute atomic E-state index is 0.134. The maximum absolute atomic E-state index is 11.8. The Labute approximate surface area is 92.1 Å². The zero-order chi connectivity index (χ0) is 11.4. The topological polar surface area (TPSA) is 65.8 Å². The molecule has 0 unspecified atom stereocenters. The fraction of sp³-hybridized carbons (Fsp3) is 0.0833. The van der Waals surface area contributed by atoms with Crippen molar-refractivity contribution < 1.29 is 4.79 Å². The lowest BCUT2D eigenvalue weighted by molar-refractivity contribution is 0.100. The van der Waals surface area contributed by atoms with Crippen LogP contribution < -0.4 is 0 Å². The van der Waals surface area contributed by atoms with Gasteiger partial charge in [0.25, 0.3) is 0 Å². The molecule has 0 N–H and O–H groups in total. The van der Waals surface area contributed by atoms with E-state index in [-0.39, 0.29) is 12.3 Å². The number of azide groups is 1. The summed E-state index contributed by atoms with van der Waals surface area (Å²) in [6, 6.07) is 13.2. The number of benzene rings is 2. The van der Waals surface area contributed by atoms with Crippen LogP contribution in [0.5, 0.6) is 0 Å². The first-order chi connectivity index (χ1) is 7.83. The van der Waals surface area contributed by atoms with E-state index in [0.29, 0.717) is 5.56 Å². The van der Waals surface area contributed by atoms with Gasteiger partial charge in [-0.15, -0.1) is 0 Å². The van der Waals surface area contributed by atoms with E-state index in [2.05, 4.69) is 10.0 Å². The van der Waals surface area contributed by atoms with E-state index in [1.807, 2.05) is 36.4 Å². The van der Waals surface area contributed by atoms with Gasteiger partial charge >= 0.3 is 0 Å². The van der Waals surface area contributed by atoms with Crippen LogP contribution in [0.1, 0.15) is 10.4 Å². The molecule has 0 aliphatic rings. The Hall–Kier alpha value is -2.32. The van der Waals surface area contributed by atoms with Gasteiger partial charge in [-0.3, -0.25) is 4.79 Å². The molecule has 0 saturated carbocycles. The molecule has 0 radical (unpaired) electrons. The van der Waals surface area contributed by atoms with E-state index >= 15 is 0 Å². The van der Waals surface area contributed by atoms with Crippen LogP contribution in [0.4, 0.5) is 0 Å². The van der Waals surface area contributed by atoms with Crippen LogP contribution in [0, 0.1) is 0 Å². The second-order valence-corrected chi connectivity index (χ2v) is 3.34. The van der Waals surface area contributed by atoms with E-state index in [1.54, 1.807) is 6.07 Å². The first-order valence-electron chi connectivity index (χ1n) is 4.85. The Balaban J connectivity index is 2.51. The quantitative estimate of drug-likeness (QED) is 0.332. The van der Waals surface area contributed by atoms with Crippen LogP contribution >= 0.6 is 0 Å².